The van der Waals surface area contributed by atoms with E-state index < -0.39 is 27.3 Å². The Hall–Kier alpha value is -5.27. The fourth-order valence-corrected chi connectivity index (χ4v) is 14.5. The first-order chi connectivity index (χ1) is 34.2. The summed E-state index contributed by atoms with van der Waals surface area (Å²) in [6, 6.07) is 19.3. The Morgan fingerprint density at radius 3 is 2.54 bits per heavy atom. The largest absolute Gasteiger partial charge is 0.489 e. The quantitative estimate of drug-likeness (QED) is 0.0649. The highest BCUT2D eigenvalue weighted by Crippen LogP contribution is 2.49. The van der Waals surface area contributed by atoms with Gasteiger partial charge in [-0.25, -0.2) is 22.1 Å². The molecule has 5 aromatic rings. The van der Waals surface area contributed by atoms with Crippen molar-refractivity contribution in [2.75, 3.05) is 56.1 Å². The molecule has 376 valence electrons. The second-order valence-electron chi connectivity index (χ2n) is 21.6. The number of carbonyl (C=O) groups excluding carboxylic acids is 1. The van der Waals surface area contributed by atoms with Crippen molar-refractivity contribution in [3.63, 3.8) is 0 Å². The van der Waals surface area contributed by atoms with Crippen LogP contribution in [0.1, 0.15) is 112 Å². The minimum Gasteiger partial charge on any atom is -0.489 e. The normalized spacial score (nSPS) is 25.8. The van der Waals surface area contributed by atoms with Crippen LogP contribution in [-0.2, 0) is 10.0 Å². The fraction of sp³-hybridized carbons (Fsp3) is 0.509. The number of nitroso groups, excluding NO2 is 1. The molecule has 3 aromatic carbocycles. The lowest BCUT2D eigenvalue weighted by Gasteiger charge is -2.59. The minimum atomic E-state index is -3.29. The Kier molecular flexibility index (Phi) is 12.8. The van der Waals surface area contributed by atoms with E-state index in [2.05, 4.69) is 73.1 Å². The number of fused-ring (bicyclic) bond motifs is 2. The minimum absolute atomic E-state index is 0.0227. The Morgan fingerprint density at radius 2 is 1.79 bits per heavy atom. The number of nitrogens with zero attached hydrogens (tertiary/aromatic N) is 5. The van der Waals surface area contributed by atoms with Gasteiger partial charge in [0, 0.05) is 74.1 Å². The number of aromatic amines is 1. The van der Waals surface area contributed by atoms with Crippen molar-refractivity contribution in [3.05, 3.63) is 100 Å². The second kappa shape index (κ2) is 19.0. The second-order valence-corrected chi connectivity index (χ2v) is 24.7. The van der Waals surface area contributed by atoms with Gasteiger partial charge in [-0.2, -0.15) is 0 Å². The summed E-state index contributed by atoms with van der Waals surface area (Å²) in [5, 5.41) is 17.3. The number of halogens is 1. The number of anilines is 2. The Bertz CT molecular complexity index is 2940. The molecule has 6 aliphatic rings. The molecule has 0 radical (unpaired) electrons. The van der Waals surface area contributed by atoms with E-state index in [0.717, 1.165) is 88.8 Å². The molecule has 4 N–H and O–H groups in total. The lowest BCUT2D eigenvalue weighted by Crippen LogP contribution is -2.65. The van der Waals surface area contributed by atoms with Gasteiger partial charge in [-0.3, -0.25) is 14.4 Å². The predicted molar refractivity (Wildman–Crippen MR) is 274 cm³/mol. The molecule has 0 bridgehead atoms. The van der Waals surface area contributed by atoms with Gasteiger partial charge in [0.1, 0.15) is 46.7 Å². The summed E-state index contributed by atoms with van der Waals surface area (Å²) in [4.78, 5) is 38.9. The monoisotopic (exact) mass is 1010 g/mol. The van der Waals surface area contributed by atoms with Crippen molar-refractivity contribution in [2.45, 2.75) is 118 Å². The zero-order chi connectivity index (χ0) is 49.2. The summed E-state index contributed by atoms with van der Waals surface area (Å²) < 4.78 is 59.1. The lowest BCUT2D eigenvalue weighted by molar-refractivity contribution is -0.0635. The van der Waals surface area contributed by atoms with Crippen LogP contribution in [0, 0.1) is 22.1 Å². The van der Waals surface area contributed by atoms with E-state index in [-0.39, 0.29) is 62.7 Å². The summed E-state index contributed by atoms with van der Waals surface area (Å²) >= 11 is 1.03. The third-order valence-electron chi connectivity index (χ3n) is 16.3. The number of benzene rings is 3. The molecule has 3 saturated heterocycles. The number of rotatable bonds is 13. The van der Waals surface area contributed by atoms with Gasteiger partial charge < -0.3 is 29.8 Å². The lowest BCUT2D eigenvalue weighted by atomic mass is 9.69. The zero-order valence-electron chi connectivity index (χ0n) is 40.5. The van der Waals surface area contributed by atoms with E-state index in [1.165, 1.54) is 23.5 Å². The van der Waals surface area contributed by atoms with Gasteiger partial charge in [-0.15, -0.1) is 4.91 Å². The summed E-state index contributed by atoms with van der Waals surface area (Å²) in [7, 11) is -3.29. The molecular weight excluding hydrogens is 944 g/mol. The number of piperidine rings is 2. The molecule has 5 fully saturated rings. The zero-order valence-corrected chi connectivity index (χ0v) is 42.2. The number of aromatic nitrogens is 2. The third kappa shape index (κ3) is 9.62. The van der Waals surface area contributed by atoms with Crippen LogP contribution in [0.25, 0.3) is 11.0 Å². The molecular formula is C53H63FN8O7S2. The van der Waals surface area contributed by atoms with Crippen molar-refractivity contribution in [1.82, 2.24) is 23.9 Å². The van der Waals surface area contributed by atoms with Crippen LogP contribution in [0.15, 0.2) is 83.1 Å². The van der Waals surface area contributed by atoms with Gasteiger partial charge in [-0.1, -0.05) is 38.1 Å². The maximum absolute atomic E-state index is 14.7. The number of H-pyrrole nitrogens is 1. The number of hydrogen-bond donors (Lipinski definition) is 4. The number of nitrogens with one attached hydrogen (secondary N) is 3. The van der Waals surface area contributed by atoms with Gasteiger partial charge >= 0.3 is 0 Å². The molecule has 11 rings (SSSR count). The summed E-state index contributed by atoms with van der Waals surface area (Å²) in [5.41, 5.74) is 4.30. The van der Waals surface area contributed by atoms with Gasteiger partial charge in [0.05, 0.1) is 34.0 Å². The van der Waals surface area contributed by atoms with E-state index in [9.17, 15) is 27.6 Å². The molecule has 18 heteroatoms. The average molecular weight is 1010 g/mol. The summed E-state index contributed by atoms with van der Waals surface area (Å²) in [6.45, 7) is 11.4. The number of sulfonamides is 1. The maximum atomic E-state index is 14.7. The van der Waals surface area contributed by atoms with Gasteiger partial charge in [0.25, 0.3) is 5.91 Å². The van der Waals surface area contributed by atoms with E-state index >= 15 is 0 Å². The molecule has 0 unspecified atom stereocenters. The fourth-order valence-electron chi connectivity index (χ4n) is 12.0. The molecule has 71 heavy (non-hydrogen) atoms. The number of ether oxygens (including phenoxy) is 2. The van der Waals surface area contributed by atoms with Crippen LogP contribution in [0.2, 0.25) is 0 Å². The molecule has 3 atom stereocenters. The van der Waals surface area contributed by atoms with Crippen molar-refractivity contribution in [3.8, 4) is 17.2 Å². The number of amides is 1. The summed E-state index contributed by atoms with van der Waals surface area (Å²) in [5.74, 6) is 0.826. The molecule has 1 spiro atoms. The number of carbonyl (C=O) groups is 1. The van der Waals surface area contributed by atoms with Crippen LogP contribution in [0.4, 0.5) is 21.5 Å². The number of hydrogen-bond acceptors (Lipinski definition) is 13. The van der Waals surface area contributed by atoms with Crippen LogP contribution in [-0.4, -0.2) is 107 Å². The van der Waals surface area contributed by atoms with Crippen molar-refractivity contribution in [2.24, 2.45) is 16.5 Å². The van der Waals surface area contributed by atoms with Crippen LogP contribution < -0.4 is 24.4 Å². The van der Waals surface area contributed by atoms with Crippen molar-refractivity contribution in [1.29, 1.82) is 0 Å². The van der Waals surface area contributed by atoms with Crippen LogP contribution in [0.5, 0.6) is 17.2 Å². The van der Waals surface area contributed by atoms with Gasteiger partial charge in [0.2, 0.25) is 10.0 Å². The summed E-state index contributed by atoms with van der Waals surface area (Å²) in [6.07, 6.45) is 10.2. The first-order valence-corrected chi connectivity index (χ1v) is 27.6. The highest BCUT2D eigenvalue weighted by atomic mass is 32.2. The average Bonchev–Trinajstić information content (AvgIpc) is 4.17. The number of pyridine rings is 1. The molecule has 15 nitrogen and oxygen atoms in total. The van der Waals surface area contributed by atoms with Gasteiger partial charge in [0.15, 0.2) is 0 Å². The third-order valence-corrected chi connectivity index (χ3v) is 19.5. The smallest absolute Gasteiger partial charge is 0.265 e. The molecule has 6 heterocycles. The predicted octanol–water partition coefficient (Wildman–Crippen LogP) is 9.82. The Labute approximate surface area is 418 Å². The van der Waals surface area contributed by atoms with E-state index in [1.54, 1.807) is 28.6 Å². The van der Waals surface area contributed by atoms with Crippen molar-refractivity contribution >= 4 is 56.0 Å². The van der Waals surface area contributed by atoms with E-state index in [1.807, 2.05) is 19.1 Å². The molecule has 2 aromatic heterocycles. The topological polar surface area (TPSA) is 182 Å². The molecule has 2 aliphatic carbocycles. The highest BCUT2D eigenvalue weighted by Gasteiger charge is 2.51. The Morgan fingerprint density at radius 1 is 1.01 bits per heavy atom. The first-order valence-electron chi connectivity index (χ1n) is 25.3. The van der Waals surface area contributed by atoms with Crippen LogP contribution >= 0.6 is 11.9 Å². The highest BCUT2D eigenvalue weighted by molar-refractivity contribution is 7.98. The first kappa shape index (κ1) is 48.0. The van der Waals surface area contributed by atoms with Crippen molar-refractivity contribution < 1.29 is 32.2 Å². The SMILES string of the molecule is CC(C)c1ccccc1[C@H]1CN(S(=O)(=O)C2CC2)CC[C@H]1N1CC2(CCN(c3ccc(C(=O)NSc4cc(N=O)c5c(c4)OC[C@H]([C@H]4CC[C@](C)(O)CC4)N5)c(Oc4cnc5[nH]cc(F)c5c4)c3)CC2)C1. The standard InChI is InChI=1S/C53H63FN8O7S2/c1-32(2)38-6-4-5-7-39(38)42-28-62(71(66,67)37-9-10-37)19-14-46(42)61-30-53(31-61)17-20-60(21-18-53)34-8-11-40(47(22-34)69-35-23-41-43(54)27-56-50(41)55-26-35)51(63)59-70-36-24-44(58-65)49-48(25-36)68-29-45(57-49)33-12-15-52(3,64)16-13-33/h4-8,11,22-27,32-33,37,42,45-46,57,64H,9-10,12-21,28-31H2,1-3H3,(H,55,56)(H,59,63)/t33-,42-,45-,46-,52-/m1/s1. The van der Waals surface area contributed by atoms with Gasteiger partial charge in [-0.05, 0) is 141 Å². The van der Waals surface area contributed by atoms with Crippen LogP contribution in [0.3, 0.4) is 0 Å². The number of likely N-dealkylation sites (tertiary alicyclic amines) is 1. The Balaban J connectivity index is 0.780. The molecule has 4 aliphatic heterocycles. The van der Waals surface area contributed by atoms with E-state index in [0.29, 0.717) is 60.4 Å². The number of aliphatic hydroxyl groups is 1. The molecule has 2 saturated carbocycles. The maximum Gasteiger partial charge on any atom is 0.265 e. The van der Waals surface area contributed by atoms with E-state index in [4.69, 9.17) is 9.47 Å². The molecule has 1 amide bonds.